The number of carbonyl (C=O) groups is 2. The van der Waals surface area contributed by atoms with Gasteiger partial charge in [0, 0.05) is 43.0 Å². The molecular weight excluding hydrogens is 408 g/mol. The van der Waals surface area contributed by atoms with Gasteiger partial charge < -0.3 is 20.1 Å². The quantitative estimate of drug-likeness (QED) is 0.392. The van der Waals surface area contributed by atoms with E-state index in [9.17, 15) is 9.59 Å². The van der Waals surface area contributed by atoms with Crippen LogP contribution in [0, 0.1) is 12.3 Å². The van der Waals surface area contributed by atoms with Gasteiger partial charge in [0.15, 0.2) is 5.66 Å². The normalized spacial score (nSPS) is 13.0. The Kier molecular flexibility index (Phi) is 7.81. The molecule has 2 aromatic carbocycles. The van der Waals surface area contributed by atoms with Crippen molar-refractivity contribution in [3.05, 3.63) is 54.1 Å². The van der Waals surface area contributed by atoms with Crippen LogP contribution in [0.4, 0.5) is 5.69 Å². The molecule has 1 aliphatic heterocycles. The van der Waals surface area contributed by atoms with Crippen LogP contribution in [0.25, 0.3) is 0 Å². The lowest BCUT2D eigenvalue weighted by Crippen LogP contribution is -2.29. The van der Waals surface area contributed by atoms with Crippen molar-refractivity contribution in [2.45, 2.75) is 31.3 Å². The molecule has 0 bridgehead atoms. The summed E-state index contributed by atoms with van der Waals surface area (Å²) in [6, 6.07) is 13.9. The van der Waals surface area contributed by atoms with Crippen molar-refractivity contribution in [2.24, 2.45) is 10.2 Å². The van der Waals surface area contributed by atoms with Crippen molar-refractivity contribution < 1.29 is 19.1 Å². The summed E-state index contributed by atoms with van der Waals surface area (Å²) in [6.07, 6.45) is 7.46. The highest BCUT2D eigenvalue weighted by molar-refractivity contribution is 6.04. The van der Waals surface area contributed by atoms with Crippen LogP contribution < -0.4 is 20.1 Å². The standard InChI is InChI=1S/C24H26N4O4/c1-3-4-13-24(27-28-24)14-12-22(29)25-15-16-32-21-7-5-6-19(17-21)26-23(30)18-8-10-20(31-2)11-9-18/h1,5-11,17H,4,12-16H2,2H3,(H,25,29)(H,26,30). The Hall–Kier alpha value is -3.86. The zero-order chi connectivity index (χ0) is 22.8. The molecule has 8 nitrogen and oxygen atoms in total. The van der Waals surface area contributed by atoms with E-state index in [0.717, 1.165) is 0 Å². The Morgan fingerprint density at radius 2 is 1.88 bits per heavy atom. The maximum absolute atomic E-state index is 12.4. The number of amides is 2. The molecule has 0 aromatic heterocycles. The maximum Gasteiger partial charge on any atom is 0.255 e. The SMILES string of the molecule is C#CCCC1(CCC(=O)NCCOc2cccc(NC(=O)c3ccc(OC)cc3)c2)N=N1. The van der Waals surface area contributed by atoms with Gasteiger partial charge in [0.1, 0.15) is 18.1 Å². The molecule has 0 saturated heterocycles. The van der Waals surface area contributed by atoms with E-state index >= 15 is 0 Å². The van der Waals surface area contributed by atoms with Crippen LogP contribution >= 0.6 is 0 Å². The van der Waals surface area contributed by atoms with E-state index in [-0.39, 0.29) is 11.8 Å². The molecule has 1 heterocycles. The molecule has 0 radical (unpaired) electrons. The summed E-state index contributed by atoms with van der Waals surface area (Å²) in [7, 11) is 1.57. The molecule has 32 heavy (non-hydrogen) atoms. The molecule has 0 saturated carbocycles. The minimum Gasteiger partial charge on any atom is -0.497 e. The van der Waals surface area contributed by atoms with Gasteiger partial charge in [-0.2, -0.15) is 10.2 Å². The predicted octanol–water partition coefficient (Wildman–Crippen LogP) is 3.80. The van der Waals surface area contributed by atoms with E-state index in [2.05, 4.69) is 26.8 Å². The molecule has 2 aromatic rings. The molecular formula is C24H26N4O4. The second-order valence-electron chi connectivity index (χ2n) is 7.30. The summed E-state index contributed by atoms with van der Waals surface area (Å²) in [4.78, 5) is 24.4. The first kappa shape index (κ1) is 22.8. The zero-order valence-electron chi connectivity index (χ0n) is 18.0. The Balaban J connectivity index is 1.38. The second-order valence-corrected chi connectivity index (χ2v) is 7.30. The average molecular weight is 434 g/mol. The van der Waals surface area contributed by atoms with Crippen LogP contribution in [0.3, 0.4) is 0 Å². The minimum atomic E-state index is -0.448. The highest BCUT2D eigenvalue weighted by atomic mass is 16.5. The lowest BCUT2D eigenvalue weighted by atomic mass is 10.0. The third kappa shape index (κ3) is 6.84. The van der Waals surface area contributed by atoms with Gasteiger partial charge in [-0.25, -0.2) is 0 Å². The summed E-state index contributed by atoms with van der Waals surface area (Å²) in [6.45, 7) is 0.672. The Bertz CT molecular complexity index is 1010. The Labute approximate surface area is 187 Å². The molecule has 0 aliphatic carbocycles. The van der Waals surface area contributed by atoms with Gasteiger partial charge in [0.2, 0.25) is 5.91 Å². The van der Waals surface area contributed by atoms with Crippen LogP contribution in [0.5, 0.6) is 11.5 Å². The fourth-order valence-corrected chi connectivity index (χ4v) is 3.04. The molecule has 3 rings (SSSR count). The van der Waals surface area contributed by atoms with Crippen molar-refractivity contribution in [3.63, 3.8) is 0 Å². The maximum atomic E-state index is 12.4. The number of hydrogen-bond acceptors (Lipinski definition) is 6. The number of nitrogens with zero attached hydrogens (tertiary/aromatic N) is 2. The fraction of sp³-hybridized carbons (Fsp3) is 0.333. The topological polar surface area (TPSA) is 101 Å². The highest BCUT2D eigenvalue weighted by Crippen LogP contribution is 2.37. The first-order chi connectivity index (χ1) is 15.5. The number of terminal acetylenes is 1. The third-order valence-electron chi connectivity index (χ3n) is 4.94. The number of hydrogen-bond donors (Lipinski definition) is 2. The zero-order valence-corrected chi connectivity index (χ0v) is 18.0. The summed E-state index contributed by atoms with van der Waals surface area (Å²) < 4.78 is 10.8. The van der Waals surface area contributed by atoms with Gasteiger partial charge in [0.05, 0.1) is 13.7 Å². The first-order valence-corrected chi connectivity index (χ1v) is 10.4. The van der Waals surface area contributed by atoms with Gasteiger partial charge in [-0.15, -0.1) is 12.3 Å². The smallest absolute Gasteiger partial charge is 0.255 e. The fourth-order valence-electron chi connectivity index (χ4n) is 3.04. The van der Waals surface area contributed by atoms with Crippen molar-refractivity contribution in [2.75, 3.05) is 25.6 Å². The number of anilines is 1. The molecule has 8 heteroatoms. The largest absolute Gasteiger partial charge is 0.497 e. The third-order valence-corrected chi connectivity index (χ3v) is 4.94. The second kappa shape index (κ2) is 11.0. The van der Waals surface area contributed by atoms with E-state index in [4.69, 9.17) is 15.9 Å². The number of nitrogens with one attached hydrogen (secondary N) is 2. The van der Waals surface area contributed by atoms with Crippen LogP contribution in [0.2, 0.25) is 0 Å². The van der Waals surface area contributed by atoms with Crippen LogP contribution in [0.1, 0.15) is 36.0 Å². The van der Waals surface area contributed by atoms with Crippen molar-refractivity contribution >= 4 is 17.5 Å². The summed E-state index contributed by atoms with van der Waals surface area (Å²) >= 11 is 0. The van der Waals surface area contributed by atoms with Crippen molar-refractivity contribution in [3.8, 4) is 23.8 Å². The first-order valence-electron chi connectivity index (χ1n) is 10.4. The summed E-state index contributed by atoms with van der Waals surface area (Å²) in [5, 5.41) is 13.7. The highest BCUT2D eigenvalue weighted by Gasteiger charge is 2.39. The molecule has 0 spiro atoms. The van der Waals surface area contributed by atoms with Crippen LogP contribution in [-0.2, 0) is 4.79 Å². The number of benzene rings is 2. The van der Waals surface area contributed by atoms with Gasteiger partial charge in [-0.1, -0.05) is 6.07 Å². The molecule has 0 fully saturated rings. The minimum absolute atomic E-state index is 0.0773. The molecule has 2 amide bonds. The predicted molar refractivity (Wildman–Crippen MR) is 121 cm³/mol. The van der Waals surface area contributed by atoms with Crippen LogP contribution in [-0.4, -0.2) is 37.7 Å². The molecule has 2 N–H and O–H groups in total. The summed E-state index contributed by atoms with van der Waals surface area (Å²) in [5.74, 6) is 3.54. The van der Waals surface area contributed by atoms with E-state index in [0.29, 0.717) is 61.6 Å². The Morgan fingerprint density at radius 1 is 1.09 bits per heavy atom. The van der Waals surface area contributed by atoms with Crippen molar-refractivity contribution in [1.82, 2.24) is 5.32 Å². The van der Waals surface area contributed by atoms with Gasteiger partial charge in [-0.05, 0) is 36.4 Å². The number of rotatable bonds is 12. The van der Waals surface area contributed by atoms with E-state index in [1.807, 2.05) is 0 Å². The van der Waals surface area contributed by atoms with Gasteiger partial charge >= 0.3 is 0 Å². The number of carbonyl (C=O) groups excluding carboxylic acids is 2. The van der Waals surface area contributed by atoms with Gasteiger partial charge in [-0.3, -0.25) is 9.59 Å². The van der Waals surface area contributed by atoms with E-state index in [1.165, 1.54) is 0 Å². The average Bonchev–Trinajstić information content (AvgIpc) is 3.59. The van der Waals surface area contributed by atoms with Gasteiger partial charge in [0.25, 0.3) is 5.91 Å². The molecule has 166 valence electrons. The number of methoxy groups -OCH3 is 1. The van der Waals surface area contributed by atoms with Crippen molar-refractivity contribution in [1.29, 1.82) is 0 Å². The molecule has 0 atom stereocenters. The lowest BCUT2D eigenvalue weighted by Gasteiger charge is -2.11. The summed E-state index contributed by atoms with van der Waals surface area (Å²) in [5.41, 5.74) is 0.686. The van der Waals surface area contributed by atoms with Crippen LogP contribution in [0.15, 0.2) is 58.8 Å². The van der Waals surface area contributed by atoms with E-state index < -0.39 is 5.66 Å². The number of ether oxygens (including phenoxy) is 2. The molecule has 0 unspecified atom stereocenters. The Morgan fingerprint density at radius 3 is 2.56 bits per heavy atom. The molecule has 1 aliphatic rings. The lowest BCUT2D eigenvalue weighted by molar-refractivity contribution is -0.121. The monoisotopic (exact) mass is 434 g/mol. The van der Waals surface area contributed by atoms with E-state index in [1.54, 1.807) is 55.6 Å².